The van der Waals surface area contributed by atoms with Gasteiger partial charge in [-0.3, -0.25) is 4.79 Å². The van der Waals surface area contributed by atoms with Gasteiger partial charge in [0.15, 0.2) is 5.54 Å². The predicted octanol–water partition coefficient (Wildman–Crippen LogP) is 3.54. The standard InChI is InChI=1S/C17H12N2O2/c1-17(19-21)13-9-5-4-8-12(13)15-14(17)10-6-2-3-7-11(10)16(20)18-15/h2-9H,1H3,(H,18,20). The lowest BCUT2D eigenvalue weighted by Gasteiger charge is -2.19. The molecule has 0 bridgehead atoms. The summed E-state index contributed by atoms with van der Waals surface area (Å²) >= 11 is 0. The highest BCUT2D eigenvalue weighted by molar-refractivity contribution is 5.95. The lowest BCUT2D eigenvalue weighted by molar-refractivity contribution is 0.622. The van der Waals surface area contributed by atoms with E-state index in [9.17, 15) is 9.70 Å². The summed E-state index contributed by atoms with van der Waals surface area (Å²) in [4.78, 5) is 26.8. The molecule has 21 heavy (non-hydrogen) atoms. The van der Waals surface area contributed by atoms with Crippen molar-refractivity contribution in [3.05, 3.63) is 74.9 Å². The van der Waals surface area contributed by atoms with Crippen LogP contribution in [0.25, 0.3) is 22.0 Å². The molecule has 0 fully saturated rings. The van der Waals surface area contributed by atoms with Gasteiger partial charge in [0, 0.05) is 16.5 Å². The molecule has 0 saturated carbocycles. The minimum atomic E-state index is -0.976. The van der Waals surface area contributed by atoms with E-state index in [-0.39, 0.29) is 5.56 Å². The van der Waals surface area contributed by atoms with Gasteiger partial charge in [-0.25, -0.2) is 0 Å². The van der Waals surface area contributed by atoms with Crippen LogP contribution < -0.4 is 5.56 Å². The van der Waals surface area contributed by atoms with Crippen molar-refractivity contribution in [1.82, 2.24) is 4.98 Å². The highest BCUT2D eigenvalue weighted by Crippen LogP contribution is 2.50. The van der Waals surface area contributed by atoms with E-state index in [4.69, 9.17) is 0 Å². The lowest BCUT2D eigenvalue weighted by atomic mass is 9.88. The Morgan fingerprint density at radius 1 is 1.00 bits per heavy atom. The molecule has 1 aromatic heterocycles. The van der Waals surface area contributed by atoms with Crippen LogP contribution in [0.5, 0.6) is 0 Å². The maximum atomic E-state index is 12.3. The minimum absolute atomic E-state index is 0.144. The first kappa shape index (κ1) is 12.0. The van der Waals surface area contributed by atoms with Gasteiger partial charge in [0.2, 0.25) is 0 Å². The monoisotopic (exact) mass is 276 g/mol. The van der Waals surface area contributed by atoms with Crippen molar-refractivity contribution in [2.45, 2.75) is 12.5 Å². The number of H-pyrrole nitrogens is 1. The molecule has 0 amide bonds. The number of rotatable bonds is 1. The van der Waals surface area contributed by atoms with Gasteiger partial charge in [-0.2, -0.15) is 0 Å². The molecule has 4 rings (SSSR count). The summed E-state index contributed by atoms with van der Waals surface area (Å²) in [7, 11) is 0. The average Bonchev–Trinajstić information content (AvgIpc) is 2.78. The van der Waals surface area contributed by atoms with Crippen molar-refractivity contribution < 1.29 is 0 Å². The first-order chi connectivity index (χ1) is 10.2. The van der Waals surface area contributed by atoms with Crippen LogP contribution >= 0.6 is 0 Å². The highest BCUT2D eigenvalue weighted by atomic mass is 16.3. The SMILES string of the molecule is CC1(N=O)c2ccccc2-c2[nH]c(=O)c3ccccc3c21. The smallest absolute Gasteiger partial charge is 0.256 e. The fourth-order valence-electron chi connectivity index (χ4n) is 3.34. The Morgan fingerprint density at radius 3 is 2.43 bits per heavy atom. The second-order valence-electron chi connectivity index (χ2n) is 5.46. The molecule has 102 valence electrons. The van der Waals surface area contributed by atoms with Crippen LogP contribution in [0.2, 0.25) is 0 Å². The van der Waals surface area contributed by atoms with Crippen LogP contribution in [0, 0.1) is 4.91 Å². The van der Waals surface area contributed by atoms with Gasteiger partial charge < -0.3 is 4.98 Å². The number of nitrogens with zero attached hydrogens (tertiary/aromatic N) is 1. The Hall–Kier alpha value is -2.75. The first-order valence-corrected chi connectivity index (χ1v) is 6.77. The Balaban J connectivity index is 2.28. The van der Waals surface area contributed by atoms with Gasteiger partial charge in [0.05, 0.1) is 5.69 Å². The summed E-state index contributed by atoms with van der Waals surface area (Å²) in [6.07, 6.45) is 0. The third kappa shape index (κ3) is 1.36. The zero-order chi connectivity index (χ0) is 14.6. The van der Waals surface area contributed by atoms with Gasteiger partial charge in [-0.1, -0.05) is 47.6 Å². The molecule has 0 radical (unpaired) electrons. The zero-order valence-corrected chi connectivity index (χ0v) is 11.4. The number of aromatic amines is 1. The van der Waals surface area contributed by atoms with E-state index >= 15 is 0 Å². The molecule has 0 aliphatic heterocycles. The molecule has 0 saturated heterocycles. The molecule has 4 nitrogen and oxygen atoms in total. The second-order valence-corrected chi connectivity index (χ2v) is 5.46. The van der Waals surface area contributed by atoms with Crippen LogP contribution in [0.3, 0.4) is 0 Å². The Labute approximate surface area is 120 Å². The fraction of sp³-hybridized carbons (Fsp3) is 0.118. The Morgan fingerprint density at radius 2 is 1.67 bits per heavy atom. The van der Waals surface area contributed by atoms with Crippen LogP contribution in [-0.4, -0.2) is 4.98 Å². The van der Waals surface area contributed by atoms with Gasteiger partial charge in [-0.15, -0.1) is 4.91 Å². The van der Waals surface area contributed by atoms with Crippen LogP contribution in [0.4, 0.5) is 0 Å². The molecular weight excluding hydrogens is 264 g/mol. The third-order valence-corrected chi connectivity index (χ3v) is 4.32. The summed E-state index contributed by atoms with van der Waals surface area (Å²) in [6.45, 7) is 1.80. The van der Waals surface area contributed by atoms with E-state index in [2.05, 4.69) is 10.2 Å². The van der Waals surface area contributed by atoms with E-state index in [1.165, 1.54) is 0 Å². The molecular formula is C17H12N2O2. The van der Waals surface area contributed by atoms with E-state index < -0.39 is 5.54 Å². The molecule has 1 unspecified atom stereocenters. The third-order valence-electron chi connectivity index (χ3n) is 4.32. The molecule has 3 aromatic rings. The van der Waals surface area contributed by atoms with Crippen LogP contribution in [-0.2, 0) is 5.54 Å². The Kier molecular flexibility index (Phi) is 2.22. The number of hydrogen-bond donors (Lipinski definition) is 1. The molecule has 1 aliphatic carbocycles. The molecule has 1 aliphatic rings. The van der Waals surface area contributed by atoms with E-state index in [1.54, 1.807) is 13.0 Å². The number of benzene rings is 2. The van der Waals surface area contributed by atoms with Crippen molar-refractivity contribution in [3.8, 4) is 11.3 Å². The largest absolute Gasteiger partial charge is 0.321 e. The fourth-order valence-corrected chi connectivity index (χ4v) is 3.34. The normalized spacial score (nSPS) is 19.3. The molecule has 1 heterocycles. The molecule has 0 spiro atoms. The predicted molar refractivity (Wildman–Crippen MR) is 82.3 cm³/mol. The maximum absolute atomic E-state index is 12.3. The number of pyridine rings is 1. The summed E-state index contributed by atoms with van der Waals surface area (Å²) in [5.74, 6) is 0. The second kappa shape index (κ2) is 3.88. The van der Waals surface area contributed by atoms with E-state index in [0.717, 1.165) is 22.1 Å². The zero-order valence-electron chi connectivity index (χ0n) is 11.4. The van der Waals surface area contributed by atoms with Gasteiger partial charge in [0.1, 0.15) is 0 Å². The van der Waals surface area contributed by atoms with E-state index in [1.807, 2.05) is 42.5 Å². The van der Waals surface area contributed by atoms with Crippen molar-refractivity contribution in [3.63, 3.8) is 0 Å². The maximum Gasteiger partial charge on any atom is 0.256 e. The summed E-state index contributed by atoms with van der Waals surface area (Å²) in [6, 6.07) is 14.9. The van der Waals surface area contributed by atoms with E-state index in [0.29, 0.717) is 11.1 Å². The quantitative estimate of drug-likeness (QED) is 0.691. The molecule has 2 aromatic carbocycles. The molecule has 1 atom stereocenters. The van der Waals surface area contributed by atoms with Crippen molar-refractivity contribution in [2.75, 3.05) is 0 Å². The van der Waals surface area contributed by atoms with Crippen molar-refractivity contribution in [1.29, 1.82) is 0 Å². The van der Waals surface area contributed by atoms with Gasteiger partial charge in [0.25, 0.3) is 5.56 Å². The summed E-state index contributed by atoms with van der Waals surface area (Å²) in [5, 5.41) is 4.78. The Bertz CT molecular complexity index is 958. The molecule has 1 N–H and O–H groups in total. The van der Waals surface area contributed by atoms with Gasteiger partial charge in [-0.05, 0) is 23.9 Å². The number of nitroso groups, excluding NO2 is 1. The number of fused-ring (bicyclic) bond motifs is 5. The van der Waals surface area contributed by atoms with Crippen LogP contribution in [0.1, 0.15) is 18.1 Å². The number of hydrogen-bond acceptors (Lipinski definition) is 3. The number of aromatic nitrogens is 1. The minimum Gasteiger partial charge on any atom is -0.321 e. The first-order valence-electron chi connectivity index (χ1n) is 6.77. The summed E-state index contributed by atoms with van der Waals surface area (Å²) in [5.41, 5.74) is 2.08. The number of nitrogens with one attached hydrogen (secondary N) is 1. The lowest BCUT2D eigenvalue weighted by Crippen LogP contribution is -2.19. The van der Waals surface area contributed by atoms with Crippen molar-refractivity contribution >= 4 is 10.8 Å². The topological polar surface area (TPSA) is 62.3 Å². The summed E-state index contributed by atoms with van der Waals surface area (Å²) < 4.78 is 0. The highest BCUT2D eigenvalue weighted by Gasteiger charge is 2.43. The molecule has 4 heteroatoms. The van der Waals surface area contributed by atoms with Gasteiger partial charge >= 0.3 is 0 Å². The van der Waals surface area contributed by atoms with Crippen LogP contribution in [0.15, 0.2) is 58.5 Å². The van der Waals surface area contributed by atoms with Crippen molar-refractivity contribution in [2.24, 2.45) is 5.18 Å². The average molecular weight is 276 g/mol.